The summed E-state index contributed by atoms with van der Waals surface area (Å²) in [6.07, 6.45) is 1.38. The first-order valence-corrected chi connectivity index (χ1v) is 6.07. The maximum absolute atomic E-state index is 13.6. The second-order valence-electron chi connectivity index (χ2n) is 4.40. The molecule has 0 spiro atoms. The smallest absolute Gasteiger partial charge is 0.230 e. The van der Waals surface area contributed by atoms with Gasteiger partial charge in [-0.25, -0.2) is 4.39 Å². The Kier molecular flexibility index (Phi) is 4.09. The van der Waals surface area contributed by atoms with E-state index < -0.39 is 5.82 Å². The summed E-state index contributed by atoms with van der Waals surface area (Å²) in [4.78, 5) is 13.7. The summed E-state index contributed by atoms with van der Waals surface area (Å²) in [5, 5.41) is 9.26. The third kappa shape index (κ3) is 3.30. The highest BCUT2D eigenvalue weighted by molar-refractivity contribution is 5.87. The van der Waals surface area contributed by atoms with Crippen molar-refractivity contribution in [3.05, 3.63) is 41.5 Å². The van der Waals surface area contributed by atoms with Crippen molar-refractivity contribution >= 4 is 23.5 Å². The van der Waals surface area contributed by atoms with Crippen LogP contribution >= 0.6 is 0 Å². The quantitative estimate of drug-likeness (QED) is 0.863. The van der Waals surface area contributed by atoms with E-state index in [0.29, 0.717) is 5.95 Å². The fraction of sp³-hybridized carbons (Fsp3) is 0.143. The monoisotopic (exact) mass is 284 g/mol. The molecule has 1 aromatic carbocycles. The van der Waals surface area contributed by atoms with Crippen molar-refractivity contribution in [3.8, 4) is 6.07 Å². The van der Waals surface area contributed by atoms with Crippen molar-refractivity contribution in [2.75, 3.05) is 24.7 Å². The molecule has 0 unspecified atom stereocenters. The molecule has 0 fully saturated rings. The summed E-state index contributed by atoms with van der Waals surface area (Å²) in [6.45, 7) is 0. The first kappa shape index (κ1) is 14.4. The van der Waals surface area contributed by atoms with Crippen LogP contribution in [0.1, 0.15) is 11.4 Å². The van der Waals surface area contributed by atoms with Crippen molar-refractivity contribution in [1.29, 1.82) is 5.26 Å². The maximum atomic E-state index is 13.6. The van der Waals surface area contributed by atoms with E-state index in [4.69, 9.17) is 5.73 Å². The Balaban J connectivity index is 2.53. The fourth-order valence-corrected chi connectivity index (χ4v) is 1.60. The summed E-state index contributed by atoms with van der Waals surface area (Å²) in [5.74, 6) is 0.00244. The van der Waals surface area contributed by atoms with Gasteiger partial charge in [-0.3, -0.25) is 0 Å². The maximum Gasteiger partial charge on any atom is 0.230 e. The minimum absolute atomic E-state index is 0.00150. The highest BCUT2D eigenvalue weighted by Gasteiger charge is 2.11. The first-order chi connectivity index (χ1) is 10.0. The van der Waals surface area contributed by atoms with Crippen molar-refractivity contribution in [3.63, 3.8) is 0 Å². The average Bonchev–Trinajstić information content (AvgIpc) is 2.45. The van der Waals surface area contributed by atoms with Crippen LogP contribution < -0.4 is 10.6 Å². The van der Waals surface area contributed by atoms with Gasteiger partial charge in [0, 0.05) is 19.7 Å². The summed E-state index contributed by atoms with van der Waals surface area (Å²) >= 11 is 0. The minimum Gasteiger partial charge on any atom is -0.368 e. The lowest BCUT2D eigenvalue weighted by Gasteiger charge is -2.11. The molecule has 7 heteroatoms. The molecule has 2 aromatic rings. The molecule has 0 aliphatic heterocycles. The van der Waals surface area contributed by atoms with Gasteiger partial charge >= 0.3 is 0 Å². The van der Waals surface area contributed by atoms with Gasteiger partial charge in [-0.15, -0.1) is 0 Å². The van der Waals surface area contributed by atoms with E-state index in [1.165, 1.54) is 12.1 Å². The number of nitrogens with zero attached hydrogens (tertiary/aromatic N) is 5. The van der Waals surface area contributed by atoms with Crippen LogP contribution in [0.3, 0.4) is 0 Å². The molecule has 0 aliphatic rings. The molecule has 0 bridgehead atoms. The number of benzene rings is 1. The van der Waals surface area contributed by atoms with Crippen LogP contribution in [0.2, 0.25) is 0 Å². The SMILES string of the molecule is CN(C)c1nc(N)nc(/C(C#N)=C\c2ccccc2F)n1. The zero-order valence-corrected chi connectivity index (χ0v) is 11.6. The molecule has 1 aromatic heterocycles. The van der Waals surface area contributed by atoms with Gasteiger partial charge in [-0.05, 0) is 12.1 Å². The largest absolute Gasteiger partial charge is 0.368 e. The molecule has 106 valence electrons. The van der Waals surface area contributed by atoms with E-state index >= 15 is 0 Å². The Morgan fingerprint density at radius 2 is 2.00 bits per heavy atom. The van der Waals surface area contributed by atoms with Crippen molar-refractivity contribution in [1.82, 2.24) is 15.0 Å². The van der Waals surface area contributed by atoms with Crippen LogP contribution in [0.25, 0.3) is 11.6 Å². The second kappa shape index (κ2) is 5.96. The highest BCUT2D eigenvalue weighted by Crippen LogP contribution is 2.18. The van der Waals surface area contributed by atoms with Crippen LogP contribution in [0.5, 0.6) is 0 Å². The predicted molar refractivity (Wildman–Crippen MR) is 78.5 cm³/mol. The number of allylic oxidation sites excluding steroid dienone is 1. The van der Waals surface area contributed by atoms with Crippen LogP contribution in [0, 0.1) is 17.1 Å². The Morgan fingerprint density at radius 3 is 2.62 bits per heavy atom. The van der Waals surface area contributed by atoms with Crippen LogP contribution in [0.4, 0.5) is 16.3 Å². The zero-order valence-electron chi connectivity index (χ0n) is 11.6. The zero-order chi connectivity index (χ0) is 15.4. The second-order valence-corrected chi connectivity index (χ2v) is 4.40. The number of hydrogen-bond donors (Lipinski definition) is 1. The molecule has 6 nitrogen and oxygen atoms in total. The molecule has 2 N–H and O–H groups in total. The first-order valence-electron chi connectivity index (χ1n) is 6.07. The Morgan fingerprint density at radius 1 is 1.29 bits per heavy atom. The number of aromatic nitrogens is 3. The Hall–Kier alpha value is -3.01. The third-order valence-electron chi connectivity index (χ3n) is 2.61. The molecule has 0 saturated heterocycles. The van der Waals surface area contributed by atoms with Gasteiger partial charge in [0.15, 0.2) is 5.82 Å². The van der Waals surface area contributed by atoms with Crippen LogP contribution in [0.15, 0.2) is 24.3 Å². The molecule has 2 rings (SSSR count). The van der Waals surface area contributed by atoms with Gasteiger partial charge in [0.05, 0.1) is 5.57 Å². The van der Waals surface area contributed by atoms with E-state index in [-0.39, 0.29) is 22.9 Å². The van der Waals surface area contributed by atoms with Gasteiger partial charge in [0.25, 0.3) is 0 Å². The fourth-order valence-electron chi connectivity index (χ4n) is 1.60. The number of nitrogen functional groups attached to an aromatic ring is 1. The molecular formula is C14H13FN6. The lowest BCUT2D eigenvalue weighted by atomic mass is 10.1. The number of hydrogen-bond acceptors (Lipinski definition) is 6. The molecule has 0 aliphatic carbocycles. The predicted octanol–water partition coefficient (Wildman–Crippen LogP) is 1.72. The minimum atomic E-state index is -0.430. The number of anilines is 2. The van der Waals surface area contributed by atoms with Crippen LogP contribution in [-0.2, 0) is 0 Å². The Labute approximate surface area is 121 Å². The normalized spacial score (nSPS) is 11.0. The van der Waals surface area contributed by atoms with E-state index in [2.05, 4.69) is 15.0 Å². The van der Waals surface area contributed by atoms with Crippen molar-refractivity contribution < 1.29 is 4.39 Å². The lowest BCUT2D eigenvalue weighted by Crippen LogP contribution is -2.15. The summed E-state index contributed by atoms with van der Waals surface area (Å²) in [5.41, 5.74) is 6.00. The van der Waals surface area contributed by atoms with Crippen molar-refractivity contribution in [2.45, 2.75) is 0 Å². The molecule has 0 amide bonds. The number of nitrogens with two attached hydrogens (primary N) is 1. The van der Waals surface area contributed by atoms with E-state index in [1.807, 2.05) is 6.07 Å². The van der Waals surface area contributed by atoms with E-state index in [9.17, 15) is 9.65 Å². The molecule has 21 heavy (non-hydrogen) atoms. The Bertz CT molecular complexity index is 732. The van der Waals surface area contributed by atoms with Gasteiger partial charge in [-0.2, -0.15) is 20.2 Å². The molecule has 0 radical (unpaired) electrons. The number of nitriles is 1. The van der Waals surface area contributed by atoms with Gasteiger partial charge < -0.3 is 10.6 Å². The third-order valence-corrected chi connectivity index (χ3v) is 2.61. The van der Waals surface area contributed by atoms with E-state index in [0.717, 1.165) is 0 Å². The summed E-state index contributed by atoms with van der Waals surface area (Å²) < 4.78 is 13.6. The van der Waals surface area contributed by atoms with Gasteiger partial charge in [-0.1, -0.05) is 18.2 Å². The number of halogens is 1. The lowest BCUT2D eigenvalue weighted by molar-refractivity contribution is 0.625. The number of rotatable bonds is 3. The average molecular weight is 284 g/mol. The molecule has 1 heterocycles. The van der Waals surface area contributed by atoms with Gasteiger partial charge in [0.1, 0.15) is 11.9 Å². The standard InChI is InChI=1S/C14H13FN6/c1-21(2)14-19-12(18-13(17)20-14)10(8-16)7-9-5-3-4-6-11(9)15/h3-7H,1-2H3,(H2,17,18,19,20)/b10-7-. The van der Waals surface area contributed by atoms with Gasteiger partial charge in [0.2, 0.25) is 11.9 Å². The highest BCUT2D eigenvalue weighted by atomic mass is 19.1. The molecular weight excluding hydrogens is 271 g/mol. The van der Waals surface area contributed by atoms with Crippen molar-refractivity contribution in [2.24, 2.45) is 0 Å². The van der Waals surface area contributed by atoms with Crippen LogP contribution in [-0.4, -0.2) is 29.0 Å². The van der Waals surface area contributed by atoms with E-state index in [1.54, 1.807) is 37.2 Å². The topological polar surface area (TPSA) is 91.7 Å². The summed E-state index contributed by atoms with van der Waals surface area (Å²) in [7, 11) is 3.48. The molecule has 0 saturated carbocycles. The molecule has 0 atom stereocenters. The summed E-state index contributed by atoms with van der Waals surface area (Å²) in [6, 6.07) is 8.08.